The number of hydrogen-bond donors (Lipinski definition) is 2. The lowest BCUT2D eigenvalue weighted by atomic mass is 9.78. The Balaban J connectivity index is 1.98. The van der Waals surface area contributed by atoms with Gasteiger partial charge in [0.1, 0.15) is 5.82 Å². The van der Waals surface area contributed by atoms with Gasteiger partial charge in [-0.1, -0.05) is 33.6 Å². The smallest absolute Gasteiger partial charge is 0.127 e. The van der Waals surface area contributed by atoms with Crippen LogP contribution in [0.25, 0.3) is 0 Å². The summed E-state index contributed by atoms with van der Waals surface area (Å²) in [5.74, 6) is 2.54. The van der Waals surface area contributed by atoms with Gasteiger partial charge in [0.25, 0.3) is 0 Å². The highest BCUT2D eigenvalue weighted by Crippen LogP contribution is 2.31. The van der Waals surface area contributed by atoms with Crippen molar-refractivity contribution in [1.29, 1.82) is 0 Å². The number of aromatic nitrogens is 1. The maximum Gasteiger partial charge on any atom is 0.127 e. The van der Waals surface area contributed by atoms with E-state index < -0.39 is 0 Å². The van der Waals surface area contributed by atoms with Crippen molar-refractivity contribution < 1.29 is 0 Å². The molecular weight excluding hydrogens is 234 g/mol. The third kappa shape index (κ3) is 3.85. The number of nitrogens with one attached hydrogen (secondary N) is 2. The van der Waals surface area contributed by atoms with E-state index in [0.717, 1.165) is 30.6 Å². The zero-order valence-electron chi connectivity index (χ0n) is 12.4. The quantitative estimate of drug-likeness (QED) is 0.836. The van der Waals surface area contributed by atoms with Gasteiger partial charge in [0.2, 0.25) is 0 Å². The highest BCUT2D eigenvalue weighted by molar-refractivity contribution is 5.52. The second-order valence-corrected chi connectivity index (χ2v) is 5.87. The third-order valence-electron chi connectivity index (χ3n) is 4.37. The summed E-state index contributed by atoms with van der Waals surface area (Å²) in [4.78, 5) is 4.35. The molecule has 3 nitrogen and oxygen atoms in total. The molecule has 3 heteroatoms. The summed E-state index contributed by atoms with van der Waals surface area (Å²) in [6.07, 6.45) is 7.01. The molecule has 0 bridgehead atoms. The van der Waals surface area contributed by atoms with Gasteiger partial charge in [-0.2, -0.15) is 0 Å². The van der Waals surface area contributed by atoms with Crippen LogP contribution in [0.15, 0.2) is 18.3 Å². The SMILES string of the molecule is CCCNc1cc(NC2CCCC(C)C2C)ccn1. The molecule has 0 amide bonds. The number of hydrogen-bond acceptors (Lipinski definition) is 3. The molecule has 1 saturated carbocycles. The van der Waals surface area contributed by atoms with Crippen molar-refractivity contribution in [3.05, 3.63) is 18.3 Å². The molecule has 1 aromatic rings. The molecule has 0 saturated heterocycles. The molecule has 2 N–H and O–H groups in total. The van der Waals surface area contributed by atoms with Gasteiger partial charge < -0.3 is 10.6 Å². The van der Waals surface area contributed by atoms with Crippen molar-refractivity contribution in [2.75, 3.05) is 17.2 Å². The van der Waals surface area contributed by atoms with E-state index >= 15 is 0 Å². The van der Waals surface area contributed by atoms with Crippen molar-refractivity contribution in [3.63, 3.8) is 0 Å². The van der Waals surface area contributed by atoms with E-state index in [0.29, 0.717) is 6.04 Å². The summed E-state index contributed by atoms with van der Waals surface area (Å²) in [5, 5.41) is 7.04. The molecule has 0 spiro atoms. The highest BCUT2D eigenvalue weighted by atomic mass is 15.0. The van der Waals surface area contributed by atoms with Crippen LogP contribution >= 0.6 is 0 Å². The summed E-state index contributed by atoms with van der Waals surface area (Å²) >= 11 is 0. The van der Waals surface area contributed by atoms with Gasteiger partial charge in [-0.3, -0.25) is 0 Å². The van der Waals surface area contributed by atoms with Crippen molar-refractivity contribution in [2.24, 2.45) is 11.8 Å². The minimum atomic E-state index is 0.602. The second-order valence-electron chi connectivity index (χ2n) is 5.87. The maximum absolute atomic E-state index is 4.35. The van der Waals surface area contributed by atoms with E-state index in [4.69, 9.17) is 0 Å². The van der Waals surface area contributed by atoms with Crippen LogP contribution in [-0.2, 0) is 0 Å². The summed E-state index contributed by atoms with van der Waals surface area (Å²) in [5.41, 5.74) is 1.19. The van der Waals surface area contributed by atoms with E-state index in [-0.39, 0.29) is 0 Å². The molecule has 1 heterocycles. The Morgan fingerprint density at radius 1 is 1.32 bits per heavy atom. The summed E-state index contributed by atoms with van der Waals surface area (Å²) in [6, 6.07) is 4.80. The second kappa shape index (κ2) is 6.78. The molecule has 3 atom stereocenters. The minimum Gasteiger partial charge on any atom is -0.382 e. The minimum absolute atomic E-state index is 0.602. The van der Waals surface area contributed by atoms with Crippen molar-refractivity contribution in [1.82, 2.24) is 4.98 Å². The molecule has 3 unspecified atom stereocenters. The van der Waals surface area contributed by atoms with Gasteiger partial charge in [0.15, 0.2) is 0 Å². The predicted molar refractivity (Wildman–Crippen MR) is 82.6 cm³/mol. The van der Waals surface area contributed by atoms with Crippen LogP contribution in [0.1, 0.15) is 46.5 Å². The lowest BCUT2D eigenvalue weighted by molar-refractivity contribution is 0.253. The molecule has 1 fully saturated rings. The monoisotopic (exact) mass is 261 g/mol. The fourth-order valence-corrected chi connectivity index (χ4v) is 2.87. The molecule has 0 radical (unpaired) electrons. The first-order valence-electron chi connectivity index (χ1n) is 7.67. The first-order chi connectivity index (χ1) is 9.20. The van der Waals surface area contributed by atoms with E-state index in [9.17, 15) is 0 Å². The number of anilines is 2. The normalized spacial score (nSPS) is 27.0. The average Bonchev–Trinajstić information content (AvgIpc) is 2.42. The Bertz CT molecular complexity index is 391. The Kier molecular flexibility index (Phi) is 5.06. The molecule has 106 valence electrons. The highest BCUT2D eigenvalue weighted by Gasteiger charge is 2.26. The first-order valence-corrected chi connectivity index (χ1v) is 7.67. The molecule has 0 aliphatic heterocycles. The Morgan fingerprint density at radius 3 is 2.95 bits per heavy atom. The maximum atomic E-state index is 4.35. The van der Waals surface area contributed by atoms with Crippen LogP contribution in [0, 0.1) is 11.8 Å². The number of rotatable bonds is 5. The Morgan fingerprint density at radius 2 is 2.16 bits per heavy atom. The van der Waals surface area contributed by atoms with Crippen LogP contribution in [-0.4, -0.2) is 17.6 Å². The van der Waals surface area contributed by atoms with Gasteiger partial charge in [0, 0.05) is 30.5 Å². The van der Waals surface area contributed by atoms with Crippen LogP contribution in [0.5, 0.6) is 0 Å². The van der Waals surface area contributed by atoms with Gasteiger partial charge >= 0.3 is 0 Å². The van der Waals surface area contributed by atoms with Gasteiger partial charge in [-0.15, -0.1) is 0 Å². The summed E-state index contributed by atoms with van der Waals surface area (Å²) < 4.78 is 0. The Labute approximate surface area is 117 Å². The van der Waals surface area contributed by atoms with Crippen LogP contribution in [0.3, 0.4) is 0 Å². The zero-order chi connectivity index (χ0) is 13.7. The summed E-state index contributed by atoms with van der Waals surface area (Å²) in [7, 11) is 0. The van der Waals surface area contributed by atoms with Gasteiger partial charge in [0.05, 0.1) is 0 Å². The van der Waals surface area contributed by atoms with Gasteiger partial charge in [-0.05, 0) is 30.7 Å². The van der Waals surface area contributed by atoms with Crippen molar-refractivity contribution >= 4 is 11.5 Å². The van der Waals surface area contributed by atoms with E-state index in [1.54, 1.807) is 0 Å². The van der Waals surface area contributed by atoms with E-state index in [1.165, 1.54) is 24.9 Å². The van der Waals surface area contributed by atoms with Crippen molar-refractivity contribution in [2.45, 2.75) is 52.5 Å². The third-order valence-corrected chi connectivity index (χ3v) is 4.37. The van der Waals surface area contributed by atoms with E-state index in [1.807, 2.05) is 6.20 Å². The lowest BCUT2D eigenvalue weighted by Crippen LogP contribution is -2.35. The van der Waals surface area contributed by atoms with Crippen LogP contribution in [0.2, 0.25) is 0 Å². The zero-order valence-corrected chi connectivity index (χ0v) is 12.4. The number of pyridine rings is 1. The molecule has 2 rings (SSSR count). The first kappa shape index (κ1) is 14.2. The fourth-order valence-electron chi connectivity index (χ4n) is 2.87. The standard InChI is InChI=1S/C16H27N3/c1-4-9-17-16-11-14(8-10-18-16)19-15-7-5-6-12(2)13(15)3/h8,10-13,15H,4-7,9H2,1-3H3,(H2,17,18,19). The summed E-state index contributed by atoms with van der Waals surface area (Å²) in [6.45, 7) is 7.89. The molecule has 19 heavy (non-hydrogen) atoms. The fraction of sp³-hybridized carbons (Fsp3) is 0.688. The number of nitrogens with zero attached hydrogens (tertiary/aromatic N) is 1. The van der Waals surface area contributed by atoms with E-state index in [2.05, 4.69) is 48.5 Å². The van der Waals surface area contributed by atoms with Gasteiger partial charge in [-0.25, -0.2) is 4.98 Å². The van der Waals surface area contributed by atoms with Crippen LogP contribution < -0.4 is 10.6 Å². The van der Waals surface area contributed by atoms with Crippen molar-refractivity contribution in [3.8, 4) is 0 Å². The average molecular weight is 261 g/mol. The Hall–Kier alpha value is -1.25. The largest absolute Gasteiger partial charge is 0.382 e. The predicted octanol–water partition coefficient (Wildman–Crippen LogP) is 4.14. The van der Waals surface area contributed by atoms with Crippen LogP contribution in [0.4, 0.5) is 11.5 Å². The topological polar surface area (TPSA) is 37.0 Å². The molecule has 1 aliphatic rings. The lowest BCUT2D eigenvalue weighted by Gasteiger charge is -2.35. The molecule has 0 aromatic carbocycles. The molecule has 1 aromatic heterocycles. The molecular formula is C16H27N3. The molecule has 1 aliphatic carbocycles.